The lowest BCUT2D eigenvalue weighted by atomic mass is 9.98. The van der Waals surface area contributed by atoms with Gasteiger partial charge in [-0.25, -0.2) is 0 Å². The van der Waals surface area contributed by atoms with E-state index < -0.39 is 106 Å². The second kappa shape index (κ2) is 12.9. The fourth-order valence-electron chi connectivity index (χ4n) is 3.44. The van der Waals surface area contributed by atoms with Crippen molar-refractivity contribution < 1.29 is 79.9 Å². The minimum Gasteiger partial charge on any atom is -0.394 e. The van der Waals surface area contributed by atoms with Crippen molar-refractivity contribution in [1.29, 1.82) is 0 Å². The van der Waals surface area contributed by atoms with Crippen LogP contribution in [0.5, 0.6) is 0 Å². The van der Waals surface area contributed by atoms with E-state index in [2.05, 4.69) is 0 Å². The van der Waals surface area contributed by atoms with Gasteiger partial charge in [-0.2, -0.15) is 0 Å². The van der Waals surface area contributed by atoms with Gasteiger partial charge in [-0.15, -0.1) is 0 Å². The molecule has 34 heavy (non-hydrogen) atoms. The van der Waals surface area contributed by atoms with Crippen LogP contribution in [0.3, 0.4) is 0 Å². The first-order chi connectivity index (χ1) is 16.0. The molecule has 16 nitrogen and oxygen atoms in total. The second-order valence-electron chi connectivity index (χ2n) is 8.01. The highest BCUT2D eigenvalue weighted by molar-refractivity contribution is 5.57. The van der Waals surface area contributed by atoms with Crippen LogP contribution in [0.1, 0.15) is 0 Å². The lowest BCUT2D eigenvalue weighted by Crippen LogP contribution is -2.62. The van der Waals surface area contributed by atoms with Crippen LogP contribution in [-0.2, 0) is 23.7 Å². The van der Waals surface area contributed by atoms with Crippen LogP contribution >= 0.6 is 0 Å². The molecule has 11 N–H and O–H groups in total. The Bertz CT molecular complexity index is 623. The lowest BCUT2D eigenvalue weighted by molar-refractivity contribution is -0.337. The molecule has 14 atom stereocenters. The van der Waals surface area contributed by atoms with E-state index in [4.69, 9.17) is 24.1 Å². The summed E-state index contributed by atoms with van der Waals surface area (Å²) in [5, 5.41) is 107. The highest BCUT2D eigenvalue weighted by Crippen LogP contribution is 2.27. The van der Waals surface area contributed by atoms with Gasteiger partial charge in [-0.05, 0) is 0 Å². The van der Waals surface area contributed by atoms with Gasteiger partial charge in [0.2, 0.25) is 0 Å². The Morgan fingerprint density at radius 3 is 1.79 bits per heavy atom. The van der Waals surface area contributed by atoms with Gasteiger partial charge in [0.1, 0.15) is 73.2 Å². The van der Waals surface area contributed by atoms with Crippen LogP contribution in [0.4, 0.5) is 0 Å². The number of hydrogen-bond acceptors (Lipinski definition) is 16. The summed E-state index contributed by atoms with van der Waals surface area (Å²) in [4.78, 5) is 11.3. The van der Waals surface area contributed by atoms with E-state index in [9.17, 15) is 55.9 Å². The Hall–Kier alpha value is -0.930. The third-order valence-electron chi connectivity index (χ3n) is 5.63. The molecule has 2 aliphatic rings. The molecule has 0 aromatic carbocycles. The van der Waals surface area contributed by atoms with E-state index in [0.717, 1.165) is 0 Å². The van der Waals surface area contributed by atoms with Crippen LogP contribution in [0.25, 0.3) is 0 Å². The largest absolute Gasteiger partial charge is 0.394 e. The van der Waals surface area contributed by atoms with E-state index in [-0.39, 0.29) is 6.29 Å². The second-order valence-corrected chi connectivity index (χ2v) is 8.01. The minimum absolute atomic E-state index is 0.00490. The van der Waals surface area contributed by atoms with E-state index in [1.54, 1.807) is 0 Å². The van der Waals surface area contributed by atoms with Gasteiger partial charge in [-0.3, -0.25) is 0 Å². The Labute approximate surface area is 192 Å². The smallest absolute Gasteiger partial charge is 0.187 e. The molecule has 0 saturated carbocycles. The van der Waals surface area contributed by atoms with E-state index in [0.29, 0.717) is 0 Å². The first-order valence-corrected chi connectivity index (χ1v) is 10.4. The fourth-order valence-corrected chi connectivity index (χ4v) is 3.44. The molecule has 200 valence electrons. The zero-order valence-electron chi connectivity index (χ0n) is 17.7. The quantitative estimate of drug-likeness (QED) is 0.117. The van der Waals surface area contributed by atoms with Crippen LogP contribution < -0.4 is 0 Å². The van der Waals surface area contributed by atoms with Crippen molar-refractivity contribution in [1.82, 2.24) is 0 Å². The monoisotopic (exact) mass is 504 g/mol. The SMILES string of the molecule is O=C[C@H](O[C@H]1O[C@H](CO[C@H]2O[C@H](CO)[C@@H](O)[C@H](O)[C@H]2O)[C@@H](O)[C@H](O)[C@H]1O)[C@@H](O)[C@H](O)[C@H](O)CO. The molecule has 2 heterocycles. The highest BCUT2D eigenvalue weighted by Gasteiger charge is 2.48. The number of aliphatic hydroxyl groups excluding tert-OH is 11. The predicted octanol–water partition coefficient (Wildman–Crippen LogP) is -7.73. The molecular formula is C18H32O16. The summed E-state index contributed by atoms with van der Waals surface area (Å²) in [5.74, 6) is 0. The maximum absolute atomic E-state index is 11.3. The molecule has 2 saturated heterocycles. The third kappa shape index (κ3) is 6.44. The van der Waals surface area contributed by atoms with Gasteiger partial charge >= 0.3 is 0 Å². The number of rotatable bonds is 11. The summed E-state index contributed by atoms with van der Waals surface area (Å²) in [7, 11) is 0. The van der Waals surface area contributed by atoms with Crippen molar-refractivity contribution in [2.75, 3.05) is 19.8 Å². The van der Waals surface area contributed by atoms with Crippen LogP contribution in [-0.4, -0.2) is 168 Å². The molecule has 0 aromatic rings. The number of carbonyl (C=O) groups excluding carboxylic acids is 1. The Kier molecular flexibility index (Phi) is 11.1. The number of aldehydes is 1. The van der Waals surface area contributed by atoms with E-state index >= 15 is 0 Å². The molecule has 0 unspecified atom stereocenters. The number of aliphatic hydroxyl groups is 11. The Balaban J connectivity index is 2.05. The molecule has 0 amide bonds. The average Bonchev–Trinajstić information content (AvgIpc) is 2.84. The summed E-state index contributed by atoms with van der Waals surface area (Å²) in [5.41, 5.74) is 0. The molecule has 0 radical (unpaired) electrons. The van der Waals surface area contributed by atoms with Crippen molar-refractivity contribution >= 4 is 6.29 Å². The fraction of sp³-hybridized carbons (Fsp3) is 0.944. The van der Waals surface area contributed by atoms with Gasteiger partial charge in [-0.1, -0.05) is 0 Å². The summed E-state index contributed by atoms with van der Waals surface area (Å²) in [6.07, 6.45) is -24.9. The van der Waals surface area contributed by atoms with Crippen molar-refractivity contribution in [3.8, 4) is 0 Å². The summed E-state index contributed by atoms with van der Waals surface area (Å²) in [6.45, 7) is -2.33. The summed E-state index contributed by atoms with van der Waals surface area (Å²) >= 11 is 0. The normalized spacial score (nSPS) is 42.6. The first kappa shape index (κ1) is 29.3. The standard InChI is InChI=1S/C18H32O16/c19-1-5(22)9(23)10(24)6(2-20)33-18-16(30)14(28)12(26)8(34-18)4-31-17-15(29)13(27)11(25)7(3-21)32-17/h2,5-19,21-30H,1,3-4H2/t5-,6+,7-,8-,9-,10-,11-,12-,13+,14+,15-,16-,17+,18+/m1/s1. The summed E-state index contributed by atoms with van der Waals surface area (Å²) < 4.78 is 20.8. The minimum atomic E-state index is -2.08. The molecule has 0 spiro atoms. The molecular weight excluding hydrogens is 472 g/mol. The van der Waals surface area contributed by atoms with Crippen molar-refractivity contribution in [3.05, 3.63) is 0 Å². The number of ether oxygens (including phenoxy) is 4. The van der Waals surface area contributed by atoms with Gasteiger partial charge in [0.25, 0.3) is 0 Å². The molecule has 2 fully saturated rings. The third-order valence-corrected chi connectivity index (χ3v) is 5.63. The van der Waals surface area contributed by atoms with Crippen molar-refractivity contribution in [2.24, 2.45) is 0 Å². The Morgan fingerprint density at radius 1 is 0.735 bits per heavy atom. The van der Waals surface area contributed by atoms with Crippen molar-refractivity contribution in [3.63, 3.8) is 0 Å². The van der Waals surface area contributed by atoms with Crippen LogP contribution in [0.15, 0.2) is 0 Å². The molecule has 2 aliphatic heterocycles. The van der Waals surface area contributed by atoms with Gasteiger partial charge in [0.15, 0.2) is 18.9 Å². The van der Waals surface area contributed by atoms with Gasteiger partial charge in [0.05, 0.1) is 19.8 Å². The predicted molar refractivity (Wildman–Crippen MR) is 102 cm³/mol. The molecule has 0 bridgehead atoms. The number of carbonyl (C=O) groups is 1. The van der Waals surface area contributed by atoms with E-state index in [1.165, 1.54) is 0 Å². The topological polar surface area (TPSA) is 277 Å². The van der Waals surface area contributed by atoms with Crippen LogP contribution in [0, 0.1) is 0 Å². The Morgan fingerprint density at radius 2 is 1.26 bits per heavy atom. The lowest BCUT2D eigenvalue weighted by Gasteiger charge is -2.43. The number of hydrogen-bond donors (Lipinski definition) is 11. The first-order valence-electron chi connectivity index (χ1n) is 10.4. The molecule has 2 rings (SSSR count). The summed E-state index contributed by atoms with van der Waals surface area (Å²) in [6, 6.07) is 0. The zero-order valence-corrected chi connectivity index (χ0v) is 17.7. The van der Waals surface area contributed by atoms with Gasteiger partial charge < -0.3 is 79.9 Å². The molecule has 16 heteroatoms. The average molecular weight is 504 g/mol. The maximum atomic E-state index is 11.3. The van der Waals surface area contributed by atoms with Crippen molar-refractivity contribution in [2.45, 2.75) is 85.8 Å². The van der Waals surface area contributed by atoms with Crippen LogP contribution in [0.2, 0.25) is 0 Å². The zero-order chi connectivity index (χ0) is 25.7. The van der Waals surface area contributed by atoms with E-state index in [1.807, 2.05) is 0 Å². The maximum Gasteiger partial charge on any atom is 0.187 e. The molecule has 0 aromatic heterocycles. The highest BCUT2D eigenvalue weighted by atomic mass is 16.7. The molecule has 0 aliphatic carbocycles. The van der Waals surface area contributed by atoms with Gasteiger partial charge in [0, 0.05) is 0 Å².